The van der Waals surface area contributed by atoms with Gasteiger partial charge in [-0.25, -0.2) is 23.2 Å². The Kier molecular flexibility index (Phi) is 9.38. The van der Waals surface area contributed by atoms with Gasteiger partial charge in [0.2, 0.25) is 5.88 Å². The second kappa shape index (κ2) is 13.4. The highest BCUT2D eigenvalue weighted by Gasteiger charge is 2.43. The van der Waals surface area contributed by atoms with E-state index < -0.39 is 33.7 Å². The Hall–Kier alpha value is -4.20. The first-order valence-electron chi connectivity index (χ1n) is 14.9. The van der Waals surface area contributed by atoms with E-state index >= 15 is 0 Å². The van der Waals surface area contributed by atoms with Crippen LogP contribution in [0, 0.1) is 5.41 Å². The SMILES string of the molecule is CC(C)(C)C(C(=O)O)N(c1ccc2c(ccn2-c2cnc(OC3COC(c4ccccc4)OC3)cn2)c1)S(=O)(=O)c1cc(Cl)cc(Cl)c1. The van der Waals surface area contributed by atoms with E-state index in [0.717, 1.165) is 9.87 Å². The maximum absolute atomic E-state index is 14.1. The minimum Gasteiger partial charge on any atom is -0.480 e. The molecule has 11 nitrogen and oxygen atoms in total. The molecule has 0 amide bonds. The Morgan fingerprint density at radius 2 is 1.67 bits per heavy atom. The highest BCUT2D eigenvalue weighted by molar-refractivity contribution is 7.93. The number of aliphatic carboxylic acids is 1. The molecule has 0 saturated carbocycles. The van der Waals surface area contributed by atoms with Crippen molar-refractivity contribution in [2.45, 2.75) is 44.1 Å². The molecule has 1 N–H and O–H groups in total. The molecule has 48 heavy (non-hydrogen) atoms. The van der Waals surface area contributed by atoms with Crippen LogP contribution in [0.3, 0.4) is 0 Å². The summed E-state index contributed by atoms with van der Waals surface area (Å²) in [5.74, 6) is -0.518. The van der Waals surface area contributed by atoms with E-state index in [1.54, 1.807) is 62.0 Å². The summed E-state index contributed by atoms with van der Waals surface area (Å²) in [4.78, 5) is 21.4. The number of aromatic nitrogens is 3. The van der Waals surface area contributed by atoms with E-state index in [1.807, 2.05) is 30.3 Å². The normalized spacial score (nSPS) is 17.6. The number of benzene rings is 3. The Morgan fingerprint density at radius 1 is 0.979 bits per heavy atom. The van der Waals surface area contributed by atoms with Crippen LogP contribution < -0.4 is 9.04 Å². The fourth-order valence-corrected chi connectivity index (χ4v) is 8.04. The van der Waals surface area contributed by atoms with Crippen LogP contribution in [-0.4, -0.2) is 59.4 Å². The fourth-order valence-electron chi connectivity index (χ4n) is 5.53. The number of carbonyl (C=O) groups is 1. The molecular formula is C34H32Cl2N4O7S. The molecule has 0 aliphatic carbocycles. The topological polar surface area (TPSA) is 133 Å². The smallest absolute Gasteiger partial charge is 0.328 e. The van der Waals surface area contributed by atoms with Crippen LogP contribution in [0.4, 0.5) is 5.69 Å². The van der Waals surface area contributed by atoms with E-state index in [-0.39, 0.29) is 26.7 Å². The maximum atomic E-state index is 14.1. The van der Waals surface area contributed by atoms with Crippen molar-refractivity contribution in [3.63, 3.8) is 0 Å². The summed E-state index contributed by atoms with van der Waals surface area (Å²) in [5.41, 5.74) is 0.775. The number of sulfonamides is 1. The number of carboxylic acids is 1. The maximum Gasteiger partial charge on any atom is 0.328 e. The van der Waals surface area contributed by atoms with Gasteiger partial charge in [-0.1, -0.05) is 74.3 Å². The minimum atomic E-state index is -4.45. The van der Waals surface area contributed by atoms with E-state index in [9.17, 15) is 18.3 Å². The van der Waals surface area contributed by atoms with Crippen molar-refractivity contribution in [2.24, 2.45) is 5.41 Å². The Labute approximate surface area is 287 Å². The van der Waals surface area contributed by atoms with Crippen LogP contribution >= 0.6 is 23.2 Å². The van der Waals surface area contributed by atoms with Crippen LogP contribution in [0.15, 0.2) is 96.3 Å². The summed E-state index contributed by atoms with van der Waals surface area (Å²) in [6.07, 6.45) is 4.01. The zero-order valence-electron chi connectivity index (χ0n) is 26.2. The van der Waals surface area contributed by atoms with Gasteiger partial charge in [0.25, 0.3) is 10.0 Å². The standard InChI is InChI=1S/C34H32Cl2N4O7S/c1-34(2,3)31(32(41)42)40(48(43,44)27-15-23(35)14-24(36)16-27)25-9-10-28-22(13-25)11-12-39(28)29-17-38-30(18-37-29)47-26-19-45-33(46-20-26)21-7-5-4-6-8-21/h4-18,26,31,33H,19-20H2,1-3H3,(H,41,42). The van der Waals surface area contributed by atoms with Crippen LogP contribution in [0.5, 0.6) is 5.88 Å². The first kappa shape index (κ1) is 33.7. The molecule has 1 atom stereocenters. The second-order valence-corrected chi connectivity index (χ2v) is 15.0. The third-order valence-corrected chi connectivity index (χ3v) is 9.90. The Bertz CT molecular complexity index is 2020. The molecule has 5 aromatic rings. The number of hydrogen-bond donors (Lipinski definition) is 1. The van der Waals surface area contributed by atoms with Gasteiger partial charge in [-0.15, -0.1) is 0 Å². The predicted octanol–water partition coefficient (Wildman–Crippen LogP) is 6.91. The van der Waals surface area contributed by atoms with Gasteiger partial charge in [0.1, 0.15) is 12.1 Å². The van der Waals surface area contributed by atoms with Gasteiger partial charge in [0, 0.05) is 27.2 Å². The number of carboxylic acid groups (broad SMARTS) is 1. The van der Waals surface area contributed by atoms with Crippen molar-refractivity contribution >= 4 is 55.8 Å². The van der Waals surface area contributed by atoms with Crippen LogP contribution in [0.1, 0.15) is 32.6 Å². The molecule has 14 heteroatoms. The van der Waals surface area contributed by atoms with E-state index in [4.69, 9.17) is 37.4 Å². The van der Waals surface area contributed by atoms with Crippen LogP contribution in [0.25, 0.3) is 16.7 Å². The van der Waals surface area contributed by atoms with Crippen LogP contribution in [-0.2, 0) is 24.3 Å². The van der Waals surface area contributed by atoms with Gasteiger partial charge in [0.15, 0.2) is 12.1 Å². The number of rotatable bonds is 9. The molecule has 0 spiro atoms. The summed E-state index contributed by atoms with van der Waals surface area (Å²) in [5, 5.41) is 11.2. The monoisotopic (exact) mass is 710 g/mol. The van der Waals surface area contributed by atoms with E-state index in [1.165, 1.54) is 24.4 Å². The number of halogens is 2. The highest BCUT2D eigenvalue weighted by atomic mass is 35.5. The quantitative estimate of drug-likeness (QED) is 0.173. The number of ether oxygens (including phenoxy) is 3. The van der Waals surface area contributed by atoms with Gasteiger partial charge < -0.3 is 19.3 Å². The third-order valence-electron chi connectivity index (χ3n) is 7.70. The van der Waals surface area contributed by atoms with Crippen LogP contribution in [0.2, 0.25) is 10.0 Å². The summed E-state index contributed by atoms with van der Waals surface area (Å²) in [6.45, 7) is 5.63. The lowest BCUT2D eigenvalue weighted by Crippen LogP contribution is -2.52. The van der Waals surface area contributed by atoms with E-state index in [0.29, 0.717) is 35.8 Å². The lowest BCUT2D eigenvalue weighted by atomic mass is 9.86. The number of anilines is 1. The van der Waals surface area contributed by atoms with Crippen molar-refractivity contribution < 1.29 is 32.5 Å². The van der Waals surface area contributed by atoms with Crippen molar-refractivity contribution in [2.75, 3.05) is 17.5 Å². The molecule has 1 unspecified atom stereocenters. The Morgan fingerprint density at radius 3 is 2.27 bits per heavy atom. The largest absolute Gasteiger partial charge is 0.480 e. The number of fused-ring (bicyclic) bond motifs is 1. The molecule has 1 aliphatic heterocycles. The molecule has 3 aromatic carbocycles. The first-order valence-corrected chi connectivity index (χ1v) is 17.1. The van der Waals surface area contributed by atoms with Gasteiger partial charge >= 0.3 is 5.97 Å². The lowest BCUT2D eigenvalue weighted by Gasteiger charge is -2.37. The summed E-state index contributed by atoms with van der Waals surface area (Å²) < 4.78 is 48.6. The number of hydrogen-bond acceptors (Lipinski definition) is 8. The molecule has 250 valence electrons. The molecule has 1 saturated heterocycles. The molecule has 6 rings (SSSR count). The predicted molar refractivity (Wildman–Crippen MR) is 181 cm³/mol. The van der Waals surface area contributed by atoms with Gasteiger partial charge in [0.05, 0.1) is 41.7 Å². The zero-order valence-corrected chi connectivity index (χ0v) is 28.5. The molecule has 0 bridgehead atoms. The van der Waals surface area contributed by atoms with E-state index in [2.05, 4.69) is 9.97 Å². The second-order valence-electron chi connectivity index (χ2n) is 12.3. The van der Waals surface area contributed by atoms with Crippen molar-refractivity contribution in [3.05, 3.63) is 107 Å². The summed E-state index contributed by atoms with van der Waals surface area (Å²) >= 11 is 12.3. The van der Waals surface area contributed by atoms with Gasteiger partial charge in [-0.3, -0.25) is 8.87 Å². The molecule has 1 aliphatic rings. The molecular weight excluding hydrogens is 679 g/mol. The third kappa shape index (κ3) is 6.99. The average Bonchev–Trinajstić information content (AvgIpc) is 3.47. The molecule has 3 heterocycles. The fraction of sp³-hybridized carbons (Fsp3) is 0.265. The number of nitrogens with zero attached hydrogens (tertiary/aromatic N) is 4. The van der Waals surface area contributed by atoms with Gasteiger partial charge in [-0.2, -0.15) is 0 Å². The Balaban J connectivity index is 1.26. The van der Waals surface area contributed by atoms with Gasteiger partial charge in [-0.05, 0) is 47.9 Å². The summed E-state index contributed by atoms with van der Waals surface area (Å²) in [7, 11) is -4.45. The average molecular weight is 712 g/mol. The zero-order chi connectivity index (χ0) is 34.2. The summed E-state index contributed by atoms with van der Waals surface area (Å²) in [6, 6.07) is 18.7. The molecule has 2 aromatic heterocycles. The van der Waals surface area contributed by atoms with Crippen molar-refractivity contribution in [1.29, 1.82) is 0 Å². The van der Waals surface area contributed by atoms with Crippen molar-refractivity contribution in [1.82, 2.24) is 14.5 Å². The molecule has 1 fully saturated rings. The lowest BCUT2D eigenvalue weighted by molar-refractivity contribution is -0.216. The minimum absolute atomic E-state index is 0.103. The highest BCUT2D eigenvalue weighted by Crippen LogP contribution is 2.37. The molecule has 0 radical (unpaired) electrons. The van der Waals surface area contributed by atoms with Crippen molar-refractivity contribution in [3.8, 4) is 11.7 Å². The first-order chi connectivity index (χ1) is 22.8.